The van der Waals surface area contributed by atoms with Crippen molar-refractivity contribution in [3.8, 4) is 0 Å². The molecule has 1 aliphatic carbocycles. The Morgan fingerprint density at radius 2 is 2.07 bits per heavy atom. The average Bonchev–Trinajstić information content (AvgIpc) is 2.53. The molecule has 0 radical (unpaired) electrons. The van der Waals surface area contributed by atoms with E-state index in [4.69, 9.17) is 12.2 Å². The fourth-order valence-electron chi connectivity index (χ4n) is 3.32. The van der Waals surface area contributed by atoms with E-state index in [0.717, 1.165) is 18.4 Å². The molecule has 1 aliphatic heterocycles. The first-order valence-electron chi connectivity index (χ1n) is 6.05. The van der Waals surface area contributed by atoms with Crippen molar-refractivity contribution < 1.29 is 0 Å². The highest BCUT2D eigenvalue weighted by Gasteiger charge is 2.40. The maximum Gasteiger partial charge on any atom is 0.0781 e. The van der Waals surface area contributed by atoms with E-state index in [9.17, 15) is 0 Å². The summed E-state index contributed by atoms with van der Waals surface area (Å²) in [5.41, 5.74) is 0. The van der Waals surface area contributed by atoms with Crippen molar-refractivity contribution in [2.24, 2.45) is 5.92 Å². The molecule has 3 unspecified atom stereocenters. The predicted molar refractivity (Wildman–Crippen MR) is 64.6 cm³/mol. The van der Waals surface area contributed by atoms with Gasteiger partial charge in [0.25, 0.3) is 0 Å². The van der Waals surface area contributed by atoms with Crippen molar-refractivity contribution in [2.45, 2.75) is 64.5 Å². The summed E-state index contributed by atoms with van der Waals surface area (Å²) >= 11 is 5.49. The summed E-state index contributed by atoms with van der Waals surface area (Å²) in [6.45, 7) is 4.53. The van der Waals surface area contributed by atoms with Gasteiger partial charge >= 0.3 is 0 Å². The van der Waals surface area contributed by atoms with Gasteiger partial charge in [0.15, 0.2) is 0 Å². The van der Waals surface area contributed by atoms with E-state index in [-0.39, 0.29) is 0 Å². The molecule has 2 fully saturated rings. The molecule has 1 heterocycles. The molecular formula is C12H21NS. The van der Waals surface area contributed by atoms with E-state index in [0.29, 0.717) is 6.04 Å². The first kappa shape index (κ1) is 10.4. The summed E-state index contributed by atoms with van der Waals surface area (Å²) in [6, 6.07) is 1.50. The molecule has 2 aliphatic rings. The van der Waals surface area contributed by atoms with Crippen LogP contribution in [-0.4, -0.2) is 22.0 Å². The van der Waals surface area contributed by atoms with Gasteiger partial charge in [0, 0.05) is 12.1 Å². The lowest BCUT2D eigenvalue weighted by Crippen LogP contribution is -2.41. The van der Waals surface area contributed by atoms with E-state index in [1.165, 1.54) is 37.1 Å². The van der Waals surface area contributed by atoms with E-state index in [2.05, 4.69) is 18.7 Å². The fraction of sp³-hybridized carbons (Fsp3) is 0.917. The molecule has 0 aromatic rings. The predicted octanol–water partition coefficient (Wildman–Crippen LogP) is 3.38. The smallest absolute Gasteiger partial charge is 0.0781 e. The molecule has 80 valence electrons. The Kier molecular flexibility index (Phi) is 3.10. The normalized spacial score (nSPS) is 37.0. The molecule has 0 bridgehead atoms. The third-order valence-corrected chi connectivity index (χ3v) is 4.43. The Balaban J connectivity index is 2.11. The van der Waals surface area contributed by atoms with Crippen LogP contribution in [0.3, 0.4) is 0 Å². The quantitative estimate of drug-likeness (QED) is 0.612. The summed E-state index contributed by atoms with van der Waals surface area (Å²) < 4.78 is 0. The minimum absolute atomic E-state index is 0.704. The van der Waals surface area contributed by atoms with Gasteiger partial charge in [0.1, 0.15) is 0 Å². The second-order valence-corrected chi connectivity index (χ2v) is 5.32. The van der Waals surface area contributed by atoms with Crippen molar-refractivity contribution in [3.05, 3.63) is 0 Å². The van der Waals surface area contributed by atoms with Gasteiger partial charge in [-0.25, -0.2) is 0 Å². The molecule has 1 nitrogen and oxygen atoms in total. The molecule has 1 saturated heterocycles. The minimum Gasteiger partial charge on any atom is -0.360 e. The van der Waals surface area contributed by atoms with Crippen molar-refractivity contribution in [2.75, 3.05) is 0 Å². The fourth-order valence-corrected chi connectivity index (χ4v) is 3.64. The van der Waals surface area contributed by atoms with Crippen LogP contribution in [0.4, 0.5) is 0 Å². The average molecular weight is 211 g/mol. The summed E-state index contributed by atoms with van der Waals surface area (Å²) in [7, 11) is 0. The van der Waals surface area contributed by atoms with Crippen LogP contribution < -0.4 is 0 Å². The molecule has 1 saturated carbocycles. The van der Waals surface area contributed by atoms with Crippen molar-refractivity contribution in [1.29, 1.82) is 0 Å². The Morgan fingerprint density at radius 3 is 2.79 bits per heavy atom. The van der Waals surface area contributed by atoms with Crippen LogP contribution in [0.25, 0.3) is 0 Å². The number of fused-ring (bicyclic) bond motifs is 1. The van der Waals surface area contributed by atoms with Crippen LogP contribution in [0, 0.1) is 5.92 Å². The van der Waals surface area contributed by atoms with Crippen LogP contribution in [0.15, 0.2) is 0 Å². The number of thiocarbonyl (C=S) groups is 1. The number of hydrogen-bond acceptors (Lipinski definition) is 1. The van der Waals surface area contributed by atoms with Gasteiger partial charge in [-0.3, -0.25) is 0 Å². The van der Waals surface area contributed by atoms with Gasteiger partial charge in [-0.1, -0.05) is 32.0 Å². The zero-order chi connectivity index (χ0) is 10.1. The molecular weight excluding hydrogens is 190 g/mol. The Labute approximate surface area is 92.9 Å². The Hall–Kier alpha value is -0.110. The Bertz CT molecular complexity index is 226. The van der Waals surface area contributed by atoms with Gasteiger partial charge in [-0.2, -0.15) is 0 Å². The van der Waals surface area contributed by atoms with Crippen molar-refractivity contribution in [1.82, 2.24) is 4.90 Å². The number of likely N-dealkylation sites (tertiary alicyclic amines) is 1. The van der Waals surface area contributed by atoms with Gasteiger partial charge < -0.3 is 4.90 Å². The monoisotopic (exact) mass is 211 g/mol. The van der Waals surface area contributed by atoms with Crippen molar-refractivity contribution >= 4 is 17.2 Å². The molecule has 0 aromatic heterocycles. The Morgan fingerprint density at radius 1 is 1.36 bits per heavy atom. The van der Waals surface area contributed by atoms with Gasteiger partial charge in [-0.05, 0) is 38.5 Å². The molecule has 0 N–H and O–H groups in total. The lowest BCUT2D eigenvalue weighted by atomic mass is 9.85. The van der Waals surface area contributed by atoms with Crippen LogP contribution in [0.2, 0.25) is 0 Å². The van der Waals surface area contributed by atoms with Gasteiger partial charge in [0.2, 0.25) is 0 Å². The van der Waals surface area contributed by atoms with Crippen LogP contribution in [0.1, 0.15) is 52.4 Å². The third-order valence-electron chi connectivity index (χ3n) is 3.94. The highest BCUT2D eigenvalue weighted by atomic mass is 32.1. The molecule has 14 heavy (non-hydrogen) atoms. The second-order valence-electron chi connectivity index (χ2n) is 4.85. The van der Waals surface area contributed by atoms with Gasteiger partial charge in [0.05, 0.1) is 4.99 Å². The van der Waals surface area contributed by atoms with E-state index in [1.807, 2.05) is 0 Å². The second kappa shape index (κ2) is 4.18. The topological polar surface area (TPSA) is 3.24 Å². The molecule has 2 rings (SSSR count). The molecule has 0 spiro atoms. The first-order valence-corrected chi connectivity index (χ1v) is 6.46. The maximum absolute atomic E-state index is 5.49. The zero-order valence-corrected chi connectivity index (χ0v) is 10.1. The van der Waals surface area contributed by atoms with E-state index < -0.39 is 0 Å². The zero-order valence-electron chi connectivity index (χ0n) is 9.33. The molecule has 3 atom stereocenters. The summed E-state index contributed by atoms with van der Waals surface area (Å²) in [4.78, 5) is 3.76. The van der Waals surface area contributed by atoms with Crippen molar-refractivity contribution in [3.63, 3.8) is 0 Å². The van der Waals surface area contributed by atoms with Gasteiger partial charge in [-0.15, -0.1) is 0 Å². The number of hydrogen-bond donors (Lipinski definition) is 0. The lowest BCUT2D eigenvalue weighted by molar-refractivity contribution is 0.240. The lowest BCUT2D eigenvalue weighted by Gasteiger charge is -2.35. The molecule has 0 aromatic carbocycles. The highest BCUT2D eigenvalue weighted by molar-refractivity contribution is 7.80. The maximum atomic E-state index is 5.49. The van der Waals surface area contributed by atoms with Crippen LogP contribution >= 0.6 is 12.2 Å². The van der Waals surface area contributed by atoms with E-state index in [1.54, 1.807) is 0 Å². The summed E-state index contributed by atoms with van der Waals surface area (Å²) in [6.07, 6.45) is 8.11. The first-order chi connectivity index (χ1) is 6.74. The highest BCUT2D eigenvalue weighted by Crippen LogP contribution is 2.39. The SMILES string of the molecule is CCC(=S)N1C(C)CC2CCCCC21. The van der Waals surface area contributed by atoms with Crippen LogP contribution in [-0.2, 0) is 0 Å². The van der Waals surface area contributed by atoms with Crippen LogP contribution in [0.5, 0.6) is 0 Å². The molecule has 2 heteroatoms. The summed E-state index contributed by atoms with van der Waals surface area (Å²) in [5.74, 6) is 0.947. The van der Waals surface area contributed by atoms with E-state index >= 15 is 0 Å². The minimum atomic E-state index is 0.704. The number of rotatable bonds is 1. The standard InChI is InChI=1S/C12H21NS/c1-3-12(14)13-9(2)8-10-6-4-5-7-11(10)13/h9-11H,3-8H2,1-2H3. The largest absolute Gasteiger partial charge is 0.360 e. The third kappa shape index (κ3) is 1.69. The number of nitrogens with zero attached hydrogens (tertiary/aromatic N) is 1. The molecule has 0 amide bonds. The summed E-state index contributed by atoms with van der Waals surface area (Å²) in [5, 5.41) is 0.